The number of hydrogen-bond acceptors (Lipinski definition) is 4. The van der Waals surface area contributed by atoms with E-state index in [0.29, 0.717) is 12.5 Å². The zero-order chi connectivity index (χ0) is 12.3. The molecule has 94 valence electrons. The number of thiazole rings is 1. The first kappa shape index (κ1) is 13.1. The summed E-state index contributed by atoms with van der Waals surface area (Å²) in [4.78, 5) is 16.0. The van der Waals surface area contributed by atoms with Gasteiger partial charge in [0.15, 0.2) is 3.95 Å². The second-order valence-corrected chi connectivity index (χ2v) is 7.14. The fraction of sp³-hybridized carbons (Fsp3) is 0.636. The Hall–Kier alpha value is -0.330. The van der Waals surface area contributed by atoms with Crippen LogP contribution in [0.25, 0.3) is 0 Å². The Balaban J connectivity index is 1.88. The van der Waals surface area contributed by atoms with Crippen molar-refractivity contribution in [2.45, 2.75) is 32.2 Å². The normalized spacial score (nSPS) is 20.2. The molecule has 0 bridgehead atoms. The zero-order valence-electron chi connectivity index (χ0n) is 9.75. The summed E-state index contributed by atoms with van der Waals surface area (Å²) < 4.78 is 0.749. The van der Waals surface area contributed by atoms with Gasteiger partial charge in [-0.2, -0.15) is 11.8 Å². The highest BCUT2D eigenvalue weighted by Gasteiger charge is 2.17. The van der Waals surface area contributed by atoms with Gasteiger partial charge in [0.25, 0.3) is 0 Å². The van der Waals surface area contributed by atoms with Crippen LogP contribution >= 0.6 is 35.3 Å². The molecule has 1 aliphatic rings. The van der Waals surface area contributed by atoms with Gasteiger partial charge in [-0.15, -0.1) is 11.3 Å². The Morgan fingerprint density at radius 3 is 3.06 bits per heavy atom. The molecule has 1 fully saturated rings. The van der Waals surface area contributed by atoms with Crippen molar-refractivity contribution in [3.63, 3.8) is 0 Å². The molecule has 1 amide bonds. The van der Waals surface area contributed by atoms with Gasteiger partial charge < -0.3 is 10.3 Å². The van der Waals surface area contributed by atoms with Gasteiger partial charge in [-0.05, 0) is 37.7 Å². The quantitative estimate of drug-likeness (QED) is 0.841. The van der Waals surface area contributed by atoms with Crippen molar-refractivity contribution in [3.8, 4) is 0 Å². The van der Waals surface area contributed by atoms with Gasteiger partial charge >= 0.3 is 0 Å². The number of aromatic amines is 1. The van der Waals surface area contributed by atoms with E-state index in [1.165, 1.54) is 23.5 Å². The second kappa shape index (κ2) is 6.02. The molecule has 2 rings (SSSR count). The van der Waals surface area contributed by atoms with Gasteiger partial charge in [0, 0.05) is 22.4 Å². The number of rotatable bonds is 3. The average Bonchev–Trinajstić information content (AvgIpc) is 2.58. The van der Waals surface area contributed by atoms with Crippen molar-refractivity contribution in [2.75, 3.05) is 11.5 Å². The Bertz CT molecular complexity index is 446. The van der Waals surface area contributed by atoms with Crippen molar-refractivity contribution < 1.29 is 4.79 Å². The maximum absolute atomic E-state index is 11.9. The molecule has 0 saturated carbocycles. The molecule has 0 aliphatic carbocycles. The summed E-state index contributed by atoms with van der Waals surface area (Å²) in [5.74, 6) is 2.39. The Morgan fingerprint density at radius 2 is 2.47 bits per heavy atom. The van der Waals surface area contributed by atoms with Gasteiger partial charge in [0.2, 0.25) is 5.91 Å². The van der Waals surface area contributed by atoms with Crippen LogP contribution < -0.4 is 5.32 Å². The van der Waals surface area contributed by atoms with Crippen LogP contribution in [0.5, 0.6) is 0 Å². The van der Waals surface area contributed by atoms with E-state index >= 15 is 0 Å². The molecule has 1 aromatic heterocycles. The minimum absolute atomic E-state index is 0.117. The molecular formula is C11H16N2OS3. The first-order valence-corrected chi connectivity index (χ1v) is 8.09. The van der Waals surface area contributed by atoms with Gasteiger partial charge in [0.1, 0.15) is 0 Å². The van der Waals surface area contributed by atoms with E-state index < -0.39 is 0 Å². The van der Waals surface area contributed by atoms with Gasteiger partial charge in [0.05, 0.1) is 6.42 Å². The second-order valence-electron chi connectivity index (χ2n) is 4.22. The van der Waals surface area contributed by atoms with Crippen LogP contribution in [0.4, 0.5) is 0 Å². The van der Waals surface area contributed by atoms with Crippen LogP contribution in [0.15, 0.2) is 0 Å². The lowest BCUT2D eigenvalue weighted by molar-refractivity contribution is -0.121. The molecule has 17 heavy (non-hydrogen) atoms. The highest BCUT2D eigenvalue weighted by Crippen LogP contribution is 2.18. The minimum atomic E-state index is 0.117. The highest BCUT2D eigenvalue weighted by atomic mass is 32.2. The van der Waals surface area contributed by atoms with E-state index in [0.717, 1.165) is 26.7 Å². The first-order valence-electron chi connectivity index (χ1n) is 5.71. The highest BCUT2D eigenvalue weighted by molar-refractivity contribution is 7.99. The summed E-state index contributed by atoms with van der Waals surface area (Å²) in [5.41, 5.74) is 1.02. The lowest BCUT2D eigenvalue weighted by atomic mass is 10.2. The minimum Gasteiger partial charge on any atom is -0.352 e. The van der Waals surface area contributed by atoms with Crippen LogP contribution in [0.1, 0.15) is 23.4 Å². The van der Waals surface area contributed by atoms with E-state index in [9.17, 15) is 4.79 Å². The number of hydrogen-bond donors (Lipinski definition) is 2. The first-order chi connectivity index (χ1) is 8.15. The SMILES string of the molecule is Cc1[nH]c(=S)sc1CC(=O)NC1CCCSC1. The number of H-pyrrole nitrogens is 1. The van der Waals surface area contributed by atoms with E-state index in [1.807, 2.05) is 18.7 Å². The molecule has 1 aliphatic heterocycles. The van der Waals surface area contributed by atoms with E-state index in [4.69, 9.17) is 12.2 Å². The monoisotopic (exact) mass is 288 g/mol. The predicted molar refractivity (Wildman–Crippen MR) is 76.4 cm³/mol. The third-order valence-electron chi connectivity index (χ3n) is 2.77. The molecule has 2 heterocycles. The molecule has 1 saturated heterocycles. The van der Waals surface area contributed by atoms with Crippen molar-refractivity contribution in [3.05, 3.63) is 14.5 Å². The average molecular weight is 288 g/mol. The third-order valence-corrected chi connectivity index (χ3v) is 5.32. The molecule has 1 unspecified atom stereocenters. The molecular weight excluding hydrogens is 272 g/mol. The Labute approximate surface area is 114 Å². The predicted octanol–water partition coefficient (Wildman–Crippen LogP) is 2.67. The van der Waals surface area contributed by atoms with Crippen molar-refractivity contribution in [2.24, 2.45) is 0 Å². The number of nitrogens with one attached hydrogen (secondary N) is 2. The van der Waals surface area contributed by atoms with E-state index in [1.54, 1.807) is 0 Å². The number of amides is 1. The number of carbonyl (C=O) groups is 1. The molecule has 2 N–H and O–H groups in total. The van der Waals surface area contributed by atoms with Crippen molar-refractivity contribution >= 4 is 41.2 Å². The van der Waals surface area contributed by atoms with Gasteiger partial charge in [-0.25, -0.2) is 0 Å². The topological polar surface area (TPSA) is 44.9 Å². The smallest absolute Gasteiger partial charge is 0.225 e. The summed E-state index contributed by atoms with van der Waals surface area (Å²) in [6, 6.07) is 0.355. The zero-order valence-corrected chi connectivity index (χ0v) is 12.2. The maximum Gasteiger partial charge on any atom is 0.225 e. The molecule has 0 aromatic carbocycles. The van der Waals surface area contributed by atoms with Gasteiger partial charge in [-0.3, -0.25) is 4.79 Å². The lowest BCUT2D eigenvalue weighted by Gasteiger charge is -2.22. The van der Waals surface area contributed by atoms with Crippen LogP contribution in [-0.2, 0) is 11.2 Å². The van der Waals surface area contributed by atoms with Crippen LogP contribution in [0.3, 0.4) is 0 Å². The van der Waals surface area contributed by atoms with Crippen LogP contribution in [-0.4, -0.2) is 28.4 Å². The summed E-state index contributed by atoms with van der Waals surface area (Å²) in [6.07, 6.45) is 2.77. The fourth-order valence-corrected chi connectivity index (χ4v) is 4.25. The summed E-state index contributed by atoms with van der Waals surface area (Å²) in [5, 5.41) is 3.10. The number of aromatic nitrogens is 1. The summed E-state index contributed by atoms with van der Waals surface area (Å²) in [6.45, 7) is 1.96. The lowest BCUT2D eigenvalue weighted by Crippen LogP contribution is -2.39. The molecule has 0 spiro atoms. The third kappa shape index (κ3) is 3.82. The summed E-state index contributed by atoms with van der Waals surface area (Å²) in [7, 11) is 0. The standard InChI is InChI=1S/C11H16N2OS3/c1-7-9(17-11(15)12-7)5-10(14)13-8-3-2-4-16-6-8/h8H,2-6H2,1H3,(H,12,15)(H,13,14). The molecule has 3 nitrogen and oxygen atoms in total. The van der Waals surface area contributed by atoms with Crippen molar-refractivity contribution in [1.29, 1.82) is 0 Å². The Kier molecular flexibility index (Phi) is 4.64. The largest absolute Gasteiger partial charge is 0.352 e. The molecule has 1 atom stereocenters. The Morgan fingerprint density at radius 1 is 1.65 bits per heavy atom. The van der Waals surface area contributed by atoms with Crippen molar-refractivity contribution in [1.82, 2.24) is 10.3 Å². The number of aryl methyl sites for hydroxylation is 1. The van der Waals surface area contributed by atoms with Crippen LogP contribution in [0, 0.1) is 10.9 Å². The number of carbonyl (C=O) groups excluding carboxylic acids is 1. The van der Waals surface area contributed by atoms with Gasteiger partial charge in [-0.1, -0.05) is 0 Å². The molecule has 6 heteroatoms. The van der Waals surface area contributed by atoms with Crippen LogP contribution in [0.2, 0.25) is 0 Å². The summed E-state index contributed by atoms with van der Waals surface area (Å²) >= 11 is 8.48. The maximum atomic E-state index is 11.9. The number of thioether (sulfide) groups is 1. The fourth-order valence-electron chi connectivity index (χ4n) is 1.88. The van der Waals surface area contributed by atoms with E-state index in [2.05, 4.69) is 10.3 Å². The molecule has 1 aromatic rings. The molecule has 0 radical (unpaired) electrons. The van der Waals surface area contributed by atoms with E-state index in [-0.39, 0.29) is 5.91 Å².